The topological polar surface area (TPSA) is 58.2 Å². The zero-order valence-corrected chi connectivity index (χ0v) is 16.8. The number of halogens is 1. The van der Waals surface area contributed by atoms with Crippen LogP contribution in [0.3, 0.4) is 0 Å². The number of carbonyl (C=O) groups is 2. The van der Waals surface area contributed by atoms with E-state index in [0.717, 1.165) is 16.3 Å². The van der Waals surface area contributed by atoms with E-state index >= 15 is 0 Å². The molecule has 0 aliphatic rings. The first kappa shape index (κ1) is 20.5. The van der Waals surface area contributed by atoms with Crippen LogP contribution in [-0.4, -0.2) is 17.9 Å². The highest BCUT2D eigenvalue weighted by molar-refractivity contribution is 5.97. The fraction of sp³-hybridized carbons (Fsp3) is 0.250. The Bertz CT molecular complexity index is 1010. The van der Waals surface area contributed by atoms with Gasteiger partial charge in [-0.25, -0.2) is 4.39 Å². The molecule has 3 rings (SSSR count). The van der Waals surface area contributed by atoms with Gasteiger partial charge in [0.15, 0.2) is 0 Å². The van der Waals surface area contributed by atoms with Crippen molar-refractivity contribution in [3.05, 3.63) is 83.7 Å². The number of benzene rings is 3. The minimum Gasteiger partial charge on any atom is -0.348 e. The number of hydrogen-bond acceptors (Lipinski definition) is 2. The van der Waals surface area contributed by atoms with E-state index in [1.165, 1.54) is 24.3 Å². The van der Waals surface area contributed by atoms with Crippen molar-refractivity contribution in [2.75, 3.05) is 0 Å². The SMILES string of the molecule is CC(NC(=O)C(NC(=O)c1ccc(F)cc1)C(C)C)c1cccc2ccccc12. The van der Waals surface area contributed by atoms with Gasteiger partial charge in [0.25, 0.3) is 5.91 Å². The lowest BCUT2D eigenvalue weighted by atomic mass is 9.98. The summed E-state index contributed by atoms with van der Waals surface area (Å²) in [6.45, 7) is 5.67. The molecule has 3 aromatic carbocycles. The summed E-state index contributed by atoms with van der Waals surface area (Å²) in [5.74, 6) is -1.18. The summed E-state index contributed by atoms with van der Waals surface area (Å²) in [7, 11) is 0. The Kier molecular flexibility index (Phi) is 6.27. The maximum Gasteiger partial charge on any atom is 0.251 e. The average Bonchev–Trinajstić information content (AvgIpc) is 2.71. The van der Waals surface area contributed by atoms with Gasteiger partial charge in [-0.1, -0.05) is 56.3 Å². The van der Waals surface area contributed by atoms with Gasteiger partial charge < -0.3 is 10.6 Å². The summed E-state index contributed by atoms with van der Waals surface area (Å²) in [5.41, 5.74) is 1.33. The molecule has 0 fully saturated rings. The molecule has 0 spiro atoms. The van der Waals surface area contributed by atoms with Crippen molar-refractivity contribution in [1.82, 2.24) is 10.6 Å². The Morgan fingerprint density at radius 1 is 0.828 bits per heavy atom. The normalized spacial score (nSPS) is 13.1. The third-order valence-corrected chi connectivity index (χ3v) is 4.99. The average molecular weight is 392 g/mol. The van der Waals surface area contributed by atoms with Gasteiger partial charge in [0.05, 0.1) is 6.04 Å². The van der Waals surface area contributed by atoms with Crippen molar-refractivity contribution in [3.63, 3.8) is 0 Å². The first-order chi connectivity index (χ1) is 13.9. The van der Waals surface area contributed by atoms with Crippen LogP contribution in [0.1, 0.15) is 42.7 Å². The molecule has 2 N–H and O–H groups in total. The van der Waals surface area contributed by atoms with E-state index in [9.17, 15) is 14.0 Å². The third-order valence-electron chi connectivity index (χ3n) is 4.99. The van der Waals surface area contributed by atoms with E-state index in [1.54, 1.807) is 0 Å². The highest BCUT2D eigenvalue weighted by atomic mass is 19.1. The maximum absolute atomic E-state index is 13.1. The van der Waals surface area contributed by atoms with Gasteiger partial charge in [0.2, 0.25) is 5.91 Å². The highest BCUT2D eigenvalue weighted by Gasteiger charge is 2.26. The number of hydrogen-bond donors (Lipinski definition) is 2. The first-order valence-corrected chi connectivity index (χ1v) is 9.71. The van der Waals surface area contributed by atoms with E-state index in [4.69, 9.17) is 0 Å². The minimum atomic E-state index is -0.704. The van der Waals surface area contributed by atoms with Gasteiger partial charge in [-0.2, -0.15) is 0 Å². The van der Waals surface area contributed by atoms with Crippen molar-refractivity contribution in [1.29, 1.82) is 0 Å². The van der Waals surface area contributed by atoms with E-state index in [1.807, 2.05) is 63.2 Å². The summed E-state index contributed by atoms with van der Waals surface area (Å²) in [6, 6.07) is 18.3. The molecule has 29 heavy (non-hydrogen) atoms. The van der Waals surface area contributed by atoms with E-state index < -0.39 is 17.8 Å². The second-order valence-corrected chi connectivity index (χ2v) is 7.50. The van der Waals surface area contributed by atoms with Gasteiger partial charge in [0.1, 0.15) is 11.9 Å². The van der Waals surface area contributed by atoms with Gasteiger partial charge in [0, 0.05) is 5.56 Å². The summed E-state index contributed by atoms with van der Waals surface area (Å²) in [6.07, 6.45) is 0. The fourth-order valence-electron chi connectivity index (χ4n) is 3.37. The van der Waals surface area contributed by atoms with Crippen LogP contribution in [-0.2, 0) is 4.79 Å². The second-order valence-electron chi connectivity index (χ2n) is 7.50. The third kappa shape index (κ3) is 4.80. The van der Waals surface area contributed by atoms with Crippen molar-refractivity contribution >= 4 is 22.6 Å². The number of nitrogens with one attached hydrogen (secondary N) is 2. The molecule has 150 valence electrons. The monoisotopic (exact) mass is 392 g/mol. The Hall–Kier alpha value is -3.21. The molecule has 0 aromatic heterocycles. The molecule has 2 unspecified atom stereocenters. The van der Waals surface area contributed by atoms with Crippen LogP contribution in [0, 0.1) is 11.7 Å². The largest absolute Gasteiger partial charge is 0.348 e. The number of rotatable bonds is 6. The Labute approximate surface area is 170 Å². The summed E-state index contributed by atoms with van der Waals surface area (Å²) in [5, 5.41) is 7.98. The van der Waals surface area contributed by atoms with Crippen molar-refractivity contribution in [3.8, 4) is 0 Å². The first-order valence-electron chi connectivity index (χ1n) is 9.71. The highest BCUT2D eigenvalue weighted by Crippen LogP contribution is 2.24. The number of carbonyl (C=O) groups excluding carboxylic acids is 2. The lowest BCUT2D eigenvalue weighted by molar-refractivity contribution is -0.124. The van der Waals surface area contributed by atoms with Gasteiger partial charge in [-0.3, -0.25) is 9.59 Å². The fourth-order valence-corrected chi connectivity index (χ4v) is 3.37. The molecule has 3 aromatic rings. The quantitative estimate of drug-likeness (QED) is 0.644. The van der Waals surface area contributed by atoms with Gasteiger partial charge in [-0.15, -0.1) is 0 Å². The molecule has 0 saturated heterocycles. The molecule has 0 aliphatic carbocycles. The molecular formula is C24H25FN2O2. The number of fused-ring (bicyclic) bond motifs is 1. The predicted molar refractivity (Wildman–Crippen MR) is 113 cm³/mol. The zero-order valence-electron chi connectivity index (χ0n) is 16.8. The summed E-state index contributed by atoms with van der Waals surface area (Å²) >= 11 is 0. The van der Waals surface area contributed by atoms with Crippen LogP contribution in [0.5, 0.6) is 0 Å². The lowest BCUT2D eigenvalue weighted by Crippen LogP contribution is -2.50. The van der Waals surface area contributed by atoms with Crippen molar-refractivity contribution in [2.24, 2.45) is 5.92 Å². The molecule has 5 heteroatoms. The van der Waals surface area contributed by atoms with E-state index in [2.05, 4.69) is 10.6 Å². The Balaban J connectivity index is 1.75. The Morgan fingerprint density at radius 3 is 2.17 bits per heavy atom. The molecule has 0 bridgehead atoms. The predicted octanol–water partition coefficient (Wildman–Crippen LogP) is 4.61. The molecular weight excluding hydrogens is 367 g/mol. The summed E-state index contributed by atoms with van der Waals surface area (Å²) in [4.78, 5) is 25.4. The van der Waals surface area contributed by atoms with Crippen molar-refractivity contribution in [2.45, 2.75) is 32.9 Å². The molecule has 0 heterocycles. The van der Waals surface area contributed by atoms with Crippen LogP contribution in [0.15, 0.2) is 66.7 Å². The summed E-state index contributed by atoms with van der Waals surface area (Å²) < 4.78 is 13.1. The maximum atomic E-state index is 13.1. The molecule has 2 atom stereocenters. The number of amides is 2. The molecule has 2 amide bonds. The molecule has 0 aliphatic heterocycles. The van der Waals surface area contributed by atoms with Crippen LogP contribution in [0.25, 0.3) is 10.8 Å². The minimum absolute atomic E-state index is 0.112. The van der Waals surface area contributed by atoms with Crippen LogP contribution < -0.4 is 10.6 Å². The van der Waals surface area contributed by atoms with E-state index in [0.29, 0.717) is 5.56 Å². The standard InChI is InChI=1S/C24H25FN2O2/c1-15(2)22(27-23(28)18-11-13-19(25)14-12-18)24(29)26-16(3)20-10-6-8-17-7-4-5-9-21(17)20/h4-16,22H,1-3H3,(H,26,29)(H,27,28). The molecule has 4 nitrogen and oxygen atoms in total. The molecule has 0 radical (unpaired) electrons. The van der Waals surface area contributed by atoms with Gasteiger partial charge in [-0.05, 0) is 53.4 Å². The molecule has 0 saturated carbocycles. The van der Waals surface area contributed by atoms with Crippen LogP contribution in [0.4, 0.5) is 4.39 Å². The van der Waals surface area contributed by atoms with Gasteiger partial charge >= 0.3 is 0 Å². The second kappa shape index (κ2) is 8.86. The smallest absolute Gasteiger partial charge is 0.251 e. The van der Waals surface area contributed by atoms with Crippen molar-refractivity contribution < 1.29 is 14.0 Å². The van der Waals surface area contributed by atoms with Crippen LogP contribution >= 0.6 is 0 Å². The zero-order chi connectivity index (χ0) is 21.0. The lowest BCUT2D eigenvalue weighted by Gasteiger charge is -2.25. The van der Waals surface area contributed by atoms with Crippen LogP contribution in [0.2, 0.25) is 0 Å². The van der Waals surface area contributed by atoms with E-state index in [-0.39, 0.29) is 17.9 Å². The Morgan fingerprint density at radius 2 is 1.48 bits per heavy atom.